The number of benzene rings is 3. The number of fused-ring (bicyclic) bond motifs is 2. The fourth-order valence-corrected chi connectivity index (χ4v) is 5.50. The molecule has 0 aliphatic carbocycles. The SMILES string of the molecule is CN1Cc2ccccc2C(CCCN2C(=O)c3ccccc3C2=O)(c2ccc(Cl)cc2)C1.Cl. The van der Waals surface area contributed by atoms with Crippen LogP contribution in [0.4, 0.5) is 0 Å². The zero-order chi connectivity index (χ0) is 22.3. The lowest BCUT2D eigenvalue weighted by Crippen LogP contribution is -2.45. The lowest BCUT2D eigenvalue weighted by molar-refractivity contribution is 0.0647. The van der Waals surface area contributed by atoms with Gasteiger partial charge in [0.2, 0.25) is 0 Å². The van der Waals surface area contributed by atoms with Crippen LogP contribution in [0.25, 0.3) is 0 Å². The number of amides is 2. The van der Waals surface area contributed by atoms with Crippen LogP contribution in [0.1, 0.15) is 50.2 Å². The standard InChI is InChI=1S/C27H25ClN2O2.ClH/c1-29-17-19-7-2-5-10-24(19)27(18-29,20-11-13-21(28)14-12-20)15-6-16-30-25(31)22-8-3-4-9-23(22)26(30)32;/h2-5,7-14H,6,15-18H2,1H3;1H. The van der Waals surface area contributed by atoms with Gasteiger partial charge in [0, 0.05) is 30.1 Å². The van der Waals surface area contributed by atoms with E-state index in [9.17, 15) is 9.59 Å². The molecule has 170 valence electrons. The number of halogens is 2. The summed E-state index contributed by atoms with van der Waals surface area (Å²) >= 11 is 6.20. The van der Waals surface area contributed by atoms with E-state index in [1.165, 1.54) is 21.6 Å². The first kappa shape index (κ1) is 23.5. The number of nitrogens with zero attached hydrogens (tertiary/aromatic N) is 2. The molecule has 3 aromatic rings. The zero-order valence-electron chi connectivity index (χ0n) is 18.5. The normalized spacial score (nSPS) is 19.8. The van der Waals surface area contributed by atoms with Crippen molar-refractivity contribution < 1.29 is 9.59 Å². The topological polar surface area (TPSA) is 40.6 Å². The Bertz CT molecular complexity index is 1160. The number of imide groups is 1. The van der Waals surface area contributed by atoms with E-state index in [0.717, 1.165) is 25.9 Å². The Kier molecular flexibility index (Phi) is 6.62. The molecule has 2 amide bonds. The van der Waals surface area contributed by atoms with Crippen molar-refractivity contribution >= 4 is 35.8 Å². The lowest BCUT2D eigenvalue weighted by atomic mass is 9.67. The highest BCUT2D eigenvalue weighted by atomic mass is 35.5. The minimum Gasteiger partial charge on any atom is -0.301 e. The largest absolute Gasteiger partial charge is 0.301 e. The van der Waals surface area contributed by atoms with E-state index in [-0.39, 0.29) is 29.6 Å². The van der Waals surface area contributed by atoms with Gasteiger partial charge in [-0.05, 0) is 60.8 Å². The van der Waals surface area contributed by atoms with Crippen molar-refractivity contribution in [3.05, 3.63) is 106 Å². The maximum absolute atomic E-state index is 12.8. The summed E-state index contributed by atoms with van der Waals surface area (Å²) in [4.78, 5) is 29.4. The molecule has 6 heteroatoms. The first-order valence-electron chi connectivity index (χ1n) is 11.0. The van der Waals surface area contributed by atoms with Crippen molar-refractivity contribution in [2.45, 2.75) is 24.8 Å². The van der Waals surface area contributed by atoms with Crippen LogP contribution in [0.5, 0.6) is 0 Å². The van der Waals surface area contributed by atoms with Crippen molar-refractivity contribution in [3.8, 4) is 0 Å². The Labute approximate surface area is 205 Å². The summed E-state index contributed by atoms with van der Waals surface area (Å²) in [6.45, 7) is 2.19. The van der Waals surface area contributed by atoms with Gasteiger partial charge in [0.1, 0.15) is 0 Å². The molecule has 1 atom stereocenters. The van der Waals surface area contributed by atoms with Gasteiger partial charge in [0.25, 0.3) is 11.8 Å². The molecule has 0 saturated heterocycles. The molecule has 2 aliphatic heterocycles. The Hall–Kier alpha value is -2.66. The highest BCUT2D eigenvalue weighted by Crippen LogP contribution is 2.43. The van der Waals surface area contributed by atoms with E-state index < -0.39 is 0 Å². The van der Waals surface area contributed by atoms with Crippen LogP contribution < -0.4 is 0 Å². The Morgan fingerprint density at radius 1 is 0.879 bits per heavy atom. The summed E-state index contributed by atoms with van der Waals surface area (Å²) in [5, 5.41) is 0.715. The smallest absolute Gasteiger partial charge is 0.261 e. The third-order valence-corrected chi connectivity index (χ3v) is 7.03. The molecule has 0 N–H and O–H groups in total. The number of carbonyl (C=O) groups is 2. The molecule has 0 bridgehead atoms. The summed E-state index contributed by atoms with van der Waals surface area (Å²) in [5.41, 5.74) is 4.63. The monoisotopic (exact) mass is 480 g/mol. The first-order valence-corrected chi connectivity index (χ1v) is 11.4. The average Bonchev–Trinajstić information content (AvgIpc) is 3.04. The van der Waals surface area contributed by atoms with Gasteiger partial charge in [0.05, 0.1) is 11.1 Å². The van der Waals surface area contributed by atoms with Crippen molar-refractivity contribution in [1.29, 1.82) is 0 Å². The molecule has 0 spiro atoms. The molecule has 0 aromatic heterocycles. The Morgan fingerprint density at radius 3 is 2.15 bits per heavy atom. The first-order chi connectivity index (χ1) is 15.5. The Morgan fingerprint density at radius 2 is 1.48 bits per heavy atom. The zero-order valence-corrected chi connectivity index (χ0v) is 20.0. The highest BCUT2D eigenvalue weighted by molar-refractivity contribution is 6.30. The molecule has 33 heavy (non-hydrogen) atoms. The molecule has 0 radical (unpaired) electrons. The van der Waals surface area contributed by atoms with Gasteiger partial charge < -0.3 is 4.90 Å². The number of hydrogen-bond donors (Lipinski definition) is 0. The molecule has 1 unspecified atom stereocenters. The van der Waals surface area contributed by atoms with Crippen LogP contribution in [0.15, 0.2) is 72.8 Å². The fraction of sp³-hybridized carbons (Fsp3) is 0.259. The fourth-order valence-electron chi connectivity index (χ4n) is 5.37. The van der Waals surface area contributed by atoms with Gasteiger partial charge in [-0.1, -0.05) is 60.1 Å². The van der Waals surface area contributed by atoms with Gasteiger partial charge in [0.15, 0.2) is 0 Å². The summed E-state index contributed by atoms with van der Waals surface area (Å²) in [5.74, 6) is -0.375. The molecule has 2 heterocycles. The number of likely N-dealkylation sites (N-methyl/N-ethyl adjacent to an activating group) is 1. The van der Waals surface area contributed by atoms with Crippen molar-refractivity contribution in [1.82, 2.24) is 9.80 Å². The van der Waals surface area contributed by atoms with Gasteiger partial charge in [-0.2, -0.15) is 0 Å². The van der Waals surface area contributed by atoms with Crippen LogP contribution in [0.2, 0.25) is 5.02 Å². The molecule has 5 rings (SSSR count). The van der Waals surface area contributed by atoms with Crippen LogP contribution in [-0.2, 0) is 12.0 Å². The van der Waals surface area contributed by atoms with E-state index in [4.69, 9.17) is 11.6 Å². The van der Waals surface area contributed by atoms with E-state index in [0.29, 0.717) is 22.7 Å². The van der Waals surface area contributed by atoms with E-state index in [1.807, 2.05) is 12.1 Å². The van der Waals surface area contributed by atoms with Gasteiger partial charge >= 0.3 is 0 Å². The van der Waals surface area contributed by atoms with Crippen LogP contribution >= 0.6 is 24.0 Å². The maximum Gasteiger partial charge on any atom is 0.261 e. The quantitative estimate of drug-likeness (QED) is 0.448. The van der Waals surface area contributed by atoms with E-state index in [2.05, 4.69) is 48.3 Å². The summed E-state index contributed by atoms with van der Waals surface area (Å²) < 4.78 is 0. The average molecular weight is 481 g/mol. The maximum atomic E-state index is 12.8. The molecule has 3 aromatic carbocycles. The van der Waals surface area contributed by atoms with E-state index >= 15 is 0 Å². The van der Waals surface area contributed by atoms with Crippen LogP contribution in [0, 0.1) is 0 Å². The second kappa shape index (κ2) is 9.30. The molecule has 2 aliphatic rings. The second-order valence-electron chi connectivity index (χ2n) is 8.83. The molecule has 4 nitrogen and oxygen atoms in total. The van der Waals surface area contributed by atoms with Gasteiger partial charge in [-0.15, -0.1) is 12.4 Å². The molecule has 0 fully saturated rings. The third kappa shape index (κ3) is 4.08. The molecular formula is C27H26Cl2N2O2. The summed E-state index contributed by atoms with van der Waals surface area (Å²) in [7, 11) is 2.14. The predicted molar refractivity (Wildman–Crippen MR) is 133 cm³/mol. The predicted octanol–water partition coefficient (Wildman–Crippen LogP) is 5.57. The van der Waals surface area contributed by atoms with Crippen LogP contribution in [0.3, 0.4) is 0 Å². The van der Waals surface area contributed by atoms with Gasteiger partial charge in [-0.25, -0.2) is 0 Å². The number of hydrogen-bond acceptors (Lipinski definition) is 3. The van der Waals surface area contributed by atoms with Crippen molar-refractivity contribution in [2.75, 3.05) is 20.1 Å². The lowest BCUT2D eigenvalue weighted by Gasteiger charge is -2.44. The number of carbonyl (C=O) groups excluding carboxylic acids is 2. The highest BCUT2D eigenvalue weighted by Gasteiger charge is 2.41. The second-order valence-corrected chi connectivity index (χ2v) is 9.27. The molecule has 0 saturated carbocycles. The van der Waals surface area contributed by atoms with Gasteiger partial charge in [-0.3, -0.25) is 14.5 Å². The minimum atomic E-state index is -0.229. The third-order valence-electron chi connectivity index (χ3n) is 6.77. The summed E-state index contributed by atoms with van der Waals surface area (Å²) in [6.07, 6.45) is 1.54. The van der Waals surface area contributed by atoms with Crippen molar-refractivity contribution in [2.24, 2.45) is 0 Å². The Balaban J connectivity index is 0.00000259. The number of rotatable bonds is 5. The molecular weight excluding hydrogens is 455 g/mol. The summed E-state index contributed by atoms with van der Waals surface area (Å²) in [6, 6.07) is 23.8. The van der Waals surface area contributed by atoms with Crippen molar-refractivity contribution in [3.63, 3.8) is 0 Å². The minimum absolute atomic E-state index is 0. The van der Waals surface area contributed by atoms with Crippen LogP contribution in [-0.4, -0.2) is 41.8 Å². The van der Waals surface area contributed by atoms with E-state index in [1.54, 1.807) is 24.3 Å².